The summed E-state index contributed by atoms with van der Waals surface area (Å²) in [6, 6.07) is 6.51. The number of hydrogen-bond donors (Lipinski definition) is 2. The number of carbonyl (C=O) groups excluding carboxylic acids is 2. The third-order valence-corrected chi connectivity index (χ3v) is 5.76. The molecule has 2 aromatic rings. The number of rotatable bonds is 5. The molecule has 2 N–H and O–H groups in total. The summed E-state index contributed by atoms with van der Waals surface area (Å²) in [4.78, 5) is 26.6. The lowest BCUT2D eigenvalue weighted by atomic mass is 10.00. The van der Waals surface area contributed by atoms with Crippen molar-refractivity contribution in [1.29, 1.82) is 0 Å². The van der Waals surface area contributed by atoms with E-state index in [1.807, 2.05) is 32.2 Å². The number of ether oxygens (including phenoxy) is 1. The summed E-state index contributed by atoms with van der Waals surface area (Å²) >= 11 is 0. The number of carbonyl (C=O) groups is 2. The average molecular weight is 372 g/mol. The number of likely N-dealkylation sites (tertiary alicyclic amines) is 1. The van der Waals surface area contributed by atoms with Gasteiger partial charge < -0.3 is 19.5 Å². The molecule has 0 bridgehead atoms. The van der Waals surface area contributed by atoms with Crippen LogP contribution in [0.25, 0.3) is 10.9 Å². The van der Waals surface area contributed by atoms with Gasteiger partial charge in [-0.25, -0.2) is 4.79 Å². The van der Waals surface area contributed by atoms with Gasteiger partial charge in [0, 0.05) is 12.4 Å². The average Bonchev–Trinajstić information content (AvgIpc) is 2.92. The first kappa shape index (κ1) is 19.4. The zero-order valence-electron chi connectivity index (χ0n) is 16.7. The summed E-state index contributed by atoms with van der Waals surface area (Å²) in [5.41, 5.74) is 2.91. The second kappa shape index (κ2) is 8.13. The Labute approximate surface area is 160 Å². The molecule has 27 heavy (non-hydrogen) atoms. The monoisotopic (exact) mass is 372 g/mol. The first-order valence-electron chi connectivity index (χ1n) is 9.78. The van der Waals surface area contributed by atoms with E-state index in [-0.39, 0.29) is 5.91 Å². The topological polar surface area (TPSA) is 64.8 Å². The molecule has 146 valence electrons. The molecule has 1 fully saturated rings. The number of nitrogens with zero attached hydrogens (tertiary/aromatic N) is 1. The Morgan fingerprint density at radius 3 is 2.81 bits per heavy atom. The Kier molecular flexibility index (Phi) is 5.85. The molecule has 1 aromatic heterocycles. The van der Waals surface area contributed by atoms with Gasteiger partial charge in [-0.05, 0) is 44.7 Å². The van der Waals surface area contributed by atoms with Crippen LogP contribution in [0.3, 0.4) is 0 Å². The smallest absolute Gasteiger partial charge is 0.356 e. The van der Waals surface area contributed by atoms with Crippen molar-refractivity contribution < 1.29 is 19.2 Å². The van der Waals surface area contributed by atoms with Gasteiger partial charge in [-0.1, -0.05) is 18.6 Å². The molecule has 6 nitrogen and oxygen atoms in total. The van der Waals surface area contributed by atoms with Gasteiger partial charge in [0.05, 0.1) is 30.9 Å². The maximum absolute atomic E-state index is 12.8. The van der Waals surface area contributed by atoms with Gasteiger partial charge in [-0.2, -0.15) is 0 Å². The number of anilines is 1. The van der Waals surface area contributed by atoms with E-state index in [2.05, 4.69) is 12.2 Å². The van der Waals surface area contributed by atoms with Gasteiger partial charge in [0.15, 0.2) is 12.2 Å². The quantitative estimate of drug-likeness (QED) is 0.790. The van der Waals surface area contributed by atoms with Crippen LogP contribution in [0.2, 0.25) is 0 Å². The summed E-state index contributed by atoms with van der Waals surface area (Å²) in [5, 5.41) is 3.89. The lowest BCUT2D eigenvalue weighted by molar-refractivity contribution is -0.923. The molecule has 0 radical (unpaired) electrons. The fraction of sp³-hybridized carbons (Fsp3) is 0.524. The van der Waals surface area contributed by atoms with Crippen LogP contribution in [-0.2, 0) is 16.6 Å². The molecule has 2 heterocycles. The zero-order chi connectivity index (χ0) is 19.6. The van der Waals surface area contributed by atoms with Crippen molar-refractivity contribution in [2.45, 2.75) is 45.6 Å². The number of fused-ring (bicyclic) bond motifs is 1. The van der Waals surface area contributed by atoms with Crippen molar-refractivity contribution in [3.63, 3.8) is 0 Å². The van der Waals surface area contributed by atoms with E-state index in [0.29, 0.717) is 24.0 Å². The SMILES string of the molecule is CC[C@@H]1CCCC[NH+]1CC(=O)Nc1c(C(=O)OC)n(C)c2ccc(C)cc12. The molecule has 1 aliphatic rings. The van der Waals surface area contributed by atoms with Crippen LogP contribution in [0.4, 0.5) is 5.69 Å². The minimum atomic E-state index is -0.446. The number of quaternary nitrogens is 1. The second-order valence-electron chi connectivity index (χ2n) is 7.53. The highest BCUT2D eigenvalue weighted by Crippen LogP contribution is 2.31. The molecule has 0 aliphatic carbocycles. The number of nitrogens with one attached hydrogen (secondary N) is 2. The van der Waals surface area contributed by atoms with Crippen LogP contribution >= 0.6 is 0 Å². The molecular formula is C21H30N3O3+. The molecule has 2 atom stereocenters. The largest absolute Gasteiger partial charge is 0.464 e. The number of hydrogen-bond acceptors (Lipinski definition) is 3. The molecule has 3 rings (SSSR count). The van der Waals surface area contributed by atoms with Crippen LogP contribution in [-0.4, -0.2) is 42.7 Å². The highest BCUT2D eigenvalue weighted by Gasteiger charge is 2.28. The van der Waals surface area contributed by atoms with Crippen molar-refractivity contribution in [1.82, 2.24) is 4.57 Å². The highest BCUT2D eigenvalue weighted by molar-refractivity contribution is 6.11. The number of esters is 1. The highest BCUT2D eigenvalue weighted by atomic mass is 16.5. The van der Waals surface area contributed by atoms with Gasteiger partial charge in [0.25, 0.3) is 5.91 Å². The number of piperidine rings is 1. The van der Waals surface area contributed by atoms with E-state index >= 15 is 0 Å². The van der Waals surface area contributed by atoms with E-state index in [0.717, 1.165) is 29.4 Å². The van der Waals surface area contributed by atoms with Crippen LogP contribution in [0.15, 0.2) is 18.2 Å². The maximum atomic E-state index is 12.8. The van der Waals surface area contributed by atoms with E-state index < -0.39 is 5.97 Å². The predicted octanol–water partition coefficient (Wildman–Crippen LogP) is 2.06. The fourth-order valence-corrected chi connectivity index (χ4v) is 4.29. The number of aromatic nitrogens is 1. The van der Waals surface area contributed by atoms with Crippen molar-refractivity contribution in [2.24, 2.45) is 7.05 Å². The Bertz CT molecular complexity index is 856. The number of amides is 1. The number of methoxy groups -OCH3 is 1. The molecule has 1 aromatic carbocycles. The van der Waals surface area contributed by atoms with E-state index in [1.165, 1.54) is 31.3 Å². The number of aryl methyl sites for hydroxylation is 2. The third-order valence-electron chi connectivity index (χ3n) is 5.76. The van der Waals surface area contributed by atoms with Gasteiger partial charge in [-0.15, -0.1) is 0 Å². The Balaban J connectivity index is 1.92. The molecular weight excluding hydrogens is 342 g/mol. The third kappa shape index (κ3) is 3.86. The summed E-state index contributed by atoms with van der Waals surface area (Å²) in [7, 11) is 3.18. The molecule has 1 saturated heterocycles. The van der Waals surface area contributed by atoms with Gasteiger partial charge in [0.1, 0.15) is 0 Å². The van der Waals surface area contributed by atoms with Crippen molar-refractivity contribution in [2.75, 3.05) is 25.5 Å². The Morgan fingerprint density at radius 2 is 2.11 bits per heavy atom. The van der Waals surface area contributed by atoms with Crippen LogP contribution in [0, 0.1) is 6.92 Å². The summed E-state index contributed by atoms with van der Waals surface area (Å²) in [5.74, 6) is -0.497. The van der Waals surface area contributed by atoms with Gasteiger partial charge in [0.2, 0.25) is 0 Å². The van der Waals surface area contributed by atoms with Crippen molar-refractivity contribution in [3.05, 3.63) is 29.5 Å². The van der Waals surface area contributed by atoms with Crippen LogP contribution in [0.1, 0.15) is 48.7 Å². The number of benzene rings is 1. The van der Waals surface area contributed by atoms with E-state index in [9.17, 15) is 9.59 Å². The van der Waals surface area contributed by atoms with Crippen LogP contribution < -0.4 is 10.2 Å². The van der Waals surface area contributed by atoms with E-state index in [4.69, 9.17) is 4.74 Å². The molecule has 6 heteroatoms. The van der Waals surface area contributed by atoms with Gasteiger partial charge in [-0.3, -0.25) is 4.79 Å². The standard InChI is InChI=1S/C21H29N3O3/c1-5-15-8-6-7-11-24(15)13-18(25)22-19-16-12-14(2)9-10-17(16)23(3)20(19)21(26)27-4/h9-10,12,15H,5-8,11,13H2,1-4H3,(H,22,25)/p+1/t15-/m1/s1. The van der Waals surface area contributed by atoms with E-state index in [1.54, 1.807) is 4.57 Å². The maximum Gasteiger partial charge on any atom is 0.356 e. The van der Waals surface area contributed by atoms with Crippen LogP contribution in [0.5, 0.6) is 0 Å². The molecule has 1 aliphatic heterocycles. The normalized spacial score (nSPS) is 19.9. The predicted molar refractivity (Wildman–Crippen MR) is 106 cm³/mol. The molecule has 1 unspecified atom stereocenters. The fourth-order valence-electron chi connectivity index (χ4n) is 4.29. The lowest BCUT2D eigenvalue weighted by Crippen LogP contribution is -3.17. The molecule has 0 saturated carbocycles. The summed E-state index contributed by atoms with van der Waals surface area (Å²) in [6.07, 6.45) is 4.68. The lowest BCUT2D eigenvalue weighted by Gasteiger charge is -2.31. The molecule has 0 spiro atoms. The van der Waals surface area contributed by atoms with Gasteiger partial charge >= 0.3 is 5.97 Å². The van der Waals surface area contributed by atoms with Crippen molar-refractivity contribution >= 4 is 28.5 Å². The summed E-state index contributed by atoms with van der Waals surface area (Å²) < 4.78 is 6.76. The minimum Gasteiger partial charge on any atom is -0.464 e. The zero-order valence-corrected chi connectivity index (χ0v) is 16.7. The summed E-state index contributed by atoms with van der Waals surface area (Å²) in [6.45, 7) is 5.65. The first-order chi connectivity index (χ1) is 13.0. The Morgan fingerprint density at radius 1 is 1.33 bits per heavy atom. The first-order valence-corrected chi connectivity index (χ1v) is 9.78. The van der Waals surface area contributed by atoms with Crippen molar-refractivity contribution in [3.8, 4) is 0 Å². The second-order valence-corrected chi connectivity index (χ2v) is 7.53. The molecule has 1 amide bonds. The minimum absolute atomic E-state index is 0.0514. The Hall–Kier alpha value is -2.34.